The van der Waals surface area contributed by atoms with Crippen molar-refractivity contribution in [1.29, 1.82) is 0 Å². The van der Waals surface area contributed by atoms with Crippen LogP contribution in [0, 0.1) is 16.0 Å². The average molecular weight is 321 g/mol. The van der Waals surface area contributed by atoms with Crippen LogP contribution >= 0.6 is 11.3 Å². The van der Waals surface area contributed by atoms with Gasteiger partial charge in [-0.3, -0.25) is 14.9 Å². The highest BCUT2D eigenvalue weighted by Crippen LogP contribution is 2.29. The fourth-order valence-electron chi connectivity index (χ4n) is 2.26. The smallest absolute Gasteiger partial charge is 0.270 e. The Kier molecular flexibility index (Phi) is 5.43. The molecule has 1 aromatic carbocycles. The van der Waals surface area contributed by atoms with Crippen molar-refractivity contribution in [2.24, 2.45) is 5.92 Å². The van der Waals surface area contributed by atoms with Gasteiger partial charge in [0.25, 0.3) is 5.69 Å². The summed E-state index contributed by atoms with van der Waals surface area (Å²) in [5, 5.41) is 14.1. The van der Waals surface area contributed by atoms with Crippen LogP contribution in [-0.2, 0) is 4.79 Å². The number of nitro benzene ring substituents is 1. The third-order valence-corrected chi connectivity index (χ3v) is 4.52. The summed E-state index contributed by atoms with van der Waals surface area (Å²) < 4.78 is 0.700. The fraction of sp³-hybridized carbons (Fsp3) is 0.467. The van der Waals surface area contributed by atoms with Crippen LogP contribution in [0.5, 0.6) is 0 Å². The zero-order chi connectivity index (χ0) is 16.1. The number of carbonyl (C=O) groups is 1. The molecule has 0 bridgehead atoms. The van der Waals surface area contributed by atoms with Gasteiger partial charge in [-0.25, -0.2) is 4.98 Å². The van der Waals surface area contributed by atoms with E-state index in [1.54, 1.807) is 6.07 Å². The van der Waals surface area contributed by atoms with E-state index < -0.39 is 4.92 Å². The molecule has 0 saturated carbocycles. The Morgan fingerprint density at radius 2 is 2.23 bits per heavy atom. The van der Waals surface area contributed by atoms with Crippen LogP contribution in [0.1, 0.15) is 39.5 Å². The number of amides is 1. The number of aromatic nitrogens is 1. The van der Waals surface area contributed by atoms with Gasteiger partial charge in [-0.2, -0.15) is 0 Å². The molecule has 1 aromatic heterocycles. The van der Waals surface area contributed by atoms with Gasteiger partial charge < -0.3 is 5.32 Å². The lowest BCUT2D eigenvalue weighted by Crippen LogP contribution is -2.22. The highest BCUT2D eigenvalue weighted by Gasteiger charge is 2.18. The third kappa shape index (κ3) is 3.79. The minimum Gasteiger partial charge on any atom is -0.302 e. The van der Waals surface area contributed by atoms with Gasteiger partial charge >= 0.3 is 0 Å². The van der Waals surface area contributed by atoms with Crippen LogP contribution < -0.4 is 5.32 Å². The lowest BCUT2D eigenvalue weighted by Gasteiger charge is -2.12. The fourth-order valence-corrected chi connectivity index (χ4v) is 3.16. The number of carbonyl (C=O) groups excluding carboxylic acids is 1. The standard InChI is InChI=1S/C15H19N3O3S/c1-3-5-6-10(4-2)14(19)17-15-16-12-8-7-11(18(20)21)9-13(12)22-15/h7-10H,3-6H2,1-2H3,(H,16,17,19). The number of anilines is 1. The first-order chi connectivity index (χ1) is 10.5. The van der Waals surface area contributed by atoms with Crippen LogP contribution in [0.25, 0.3) is 10.2 Å². The SMILES string of the molecule is CCCCC(CC)C(=O)Nc1nc2ccc([N+](=O)[O-])cc2s1. The summed E-state index contributed by atoms with van der Waals surface area (Å²) in [4.78, 5) is 26.9. The molecule has 0 spiro atoms. The lowest BCUT2D eigenvalue weighted by molar-refractivity contribution is -0.384. The molecule has 1 unspecified atom stereocenters. The molecule has 118 valence electrons. The molecule has 0 fully saturated rings. The maximum atomic E-state index is 12.2. The molecule has 1 amide bonds. The summed E-state index contributed by atoms with van der Waals surface area (Å²) >= 11 is 1.26. The summed E-state index contributed by atoms with van der Waals surface area (Å²) in [5.74, 6) is -0.0363. The molecule has 2 aromatic rings. The highest BCUT2D eigenvalue weighted by molar-refractivity contribution is 7.22. The van der Waals surface area contributed by atoms with E-state index in [0.29, 0.717) is 15.3 Å². The summed E-state index contributed by atoms with van der Waals surface area (Å²) in [6, 6.07) is 4.51. The van der Waals surface area contributed by atoms with Gasteiger partial charge in [0.05, 0.1) is 15.1 Å². The van der Waals surface area contributed by atoms with Crippen molar-refractivity contribution < 1.29 is 9.72 Å². The number of fused-ring (bicyclic) bond motifs is 1. The monoisotopic (exact) mass is 321 g/mol. The molecule has 0 aliphatic rings. The molecule has 22 heavy (non-hydrogen) atoms. The zero-order valence-corrected chi connectivity index (χ0v) is 13.5. The number of hydrogen-bond donors (Lipinski definition) is 1. The molecule has 0 aliphatic heterocycles. The molecule has 1 N–H and O–H groups in total. The Morgan fingerprint density at radius 1 is 1.45 bits per heavy atom. The number of nitro groups is 1. The molecule has 7 heteroatoms. The van der Waals surface area contributed by atoms with Crippen molar-refractivity contribution in [3.05, 3.63) is 28.3 Å². The third-order valence-electron chi connectivity index (χ3n) is 3.58. The first kappa shape index (κ1) is 16.4. The topological polar surface area (TPSA) is 85.1 Å². The molecular weight excluding hydrogens is 302 g/mol. The van der Waals surface area contributed by atoms with Crippen LogP contribution in [0.4, 0.5) is 10.8 Å². The van der Waals surface area contributed by atoms with Gasteiger partial charge in [0.1, 0.15) is 0 Å². The minimum atomic E-state index is -0.435. The Bertz CT molecular complexity index is 684. The molecule has 0 radical (unpaired) electrons. The van der Waals surface area contributed by atoms with Crippen LogP contribution in [0.3, 0.4) is 0 Å². The summed E-state index contributed by atoms with van der Waals surface area (Å²) in [7, 11) is 0. The Hall–Kier alpha value is -2.02. The average Bonchev–Trinajstić information content (AvgIpc) is 2.89. The highest BCUT2D eigenvalue weighted by atomic mass is 32.1. The second-order valence-corrected chi connectivity index (χ2v) is 6.20. The maximum absolute atomic E-state index is 12.2. The molecular formula is C15H19N3O3S. The number of rotatable bonds is 7. The van der Waals surface area contributed by atoms with Gasteiger partial charge in [-0.15, -0.1) is 0 Å². The predicted octanol–water partition coefficient (Wildman–Crippen LogP) is 4.36. The first-order valence-corrected chi connectivity index (χ1v) is 8.22. The second-order valence-electron chi connectivity index (χ2n) is 5.16. The molecule has 0 saturated heterocycles. The van der Waals surface area contributed by atoms with Crippen molar-refractivity contribution in [3.63, 3.8) is 0 Å². The van der Waals surface area contributed by atoms with Gasteiger partial charge in [0.2, 0.25) is 5.91 Å². The number of thiazole rings is 1. The predicted molar refractivity (Wildman–Crippen MR) is 88.2 cm³/mol. The first-order valence-electron chi connectivity index (χ1n) is 7.41. The van der Waals surface area contributed by atoms with E-state index in [-0.39, 0.29) is 17.5 Å². The Morgan fingerprint density at radius 3 is 2.86 bits per heavy atom. The number of non-ortho nitro benzene ring substituents is 1. The van der Waals surface area contributed by atoms with Crippen molar-refractivity contribution in [1.82, 2.24) is 4.98 Å². The van der Waals surface area contributed by atoms with Crippen molar-refractivity contribution in [2.45, 2.75) is 39.5 Å². The molecule has 1 atom stereocenters. The van der Waals surface area contributed by atoms with Crippen molar-refractivity contribution in [3.8, 4) is 0 Å². The molecule has 6 nitrogen and oxygen atoms in total. The van der Waals surface area contributed by atoms with E-state index in [2.05, 4.69) is 17.2 Å². The molecule has 0 aliphatic carbocycles. The number of unbranched alkanes of at least 4 members (excludes halogenated alkanes) is 1. The Balaban J connectivity index is 2.13. The lowest BCUT2D eigenvalue weighted by atomic mass is 9.99. The van der Waals surface area contributed by atoms with Crippen molar-refractivity contribution in [2.75, 3.05) is 5.32 Å². The van der Waals surface area contributed by atoms with E-state index in [4.69, 9.17) is 0 Å². The summed E-state index contributed by atoms with van der Waals surface area (Å²) in [6.45, 7) is 4.10. The van der Waals surface area contributed by atoms with Gasteiger partial charge in [0.15, 0.2) is 5.13 Å². The second kappa shape index (κ2) is 7.31. The largest absolute Gasteiger partial charge is 0.302 e. The van der Waals surface area contributed by atoms with E-state index in [0.717, 1.165) is 25.7 Å². The summed E-state index contributed by atoms with van der Waals surface area (Å²) in [5.41, 5.74) is 0.691. The molecule has 2 rings (SSSR count). The van der Waals surface area contributed by atoms with Gasteiger partial charge in [-0.1, -0.05) is 38.0 Å². The van der Waals surface area contributed by atoms with E-state index in [1.165, 1.54) is 23.5 Å². The molecule has 1 heterocycles. The van der Waals surface area contributed by atoms with Gasteiger partial charge in [-0.05, 0) is 18.9 Å². The Labute approximate surface area is 132 Å². The minimum absolute atomic E-state index is 0.0127. The number of nitrogens with zero attached hydrogens (tertiary/aromatic N) is 2. The summed E-state index contributed by atoms with van der Waals surface area (Å²) in [6.07, 6.45) is 3.75. The van der Waals surface area contributed by atoms with E-state index in [1.807, 2.05) is 6.92 Å². The number of benzene rings is 1. The normalized spacial score (nSPS) is 12.3. The number of hydrogen-bond acceptors (Lipinski definition) is 5. The zero-order valence-electron chi connectivity index (χ0n) is 12.7. The van der Waals surface area contributed by atoms with Crippen LogP contribution in [0.15, 0.2) is 18.2 Å². The van der Waals surface area contributed by atoms with E-state index >= 15 is 0 Å². The quantitative estimate of drug-likeness (QED) is 0.606. The number of nitrogens with one attached hydrogen (secondary N) is 1. The van der Waals surface area contributed by atoms with Crippen molar-refractivity contribution >= 4 is 38.3 Å². The van der Waals surface area contributed by atoms with Crippen LogP contribution in [0.2, 0.25) is 0 Å². The maximum Gasteiger partial charge on any atom is 0.270 e. The van der Waals surface area contributed by atoms with Gasteiger partial charge in [0, 0.05) is 18.1 Å². The van der Waals surface area contributed by atoms with Crippen LogP contribution in [-0.4, -0.2) is 15.8 Å². The van der Waals surface area contributed by atoms with E-state index in [9.17, 15) is 14.9 Å².